The highest BCUT2D eigenvalue weighted by Crippen LogP contribution is 2.68. The average Bonchev–Trinajstić information content (AvgIpc) is 3.23. The number of ketones is 1. The summed E-state index contributed by atoms with van der Waals surface area (Å²) >= 11 is 0. The Balaban J connectivity index is 1.32. The molecule has 0 aromatic carbocycles. The minimum Gasteiger partial charge on any atom is -0.295 e. The van der Waals surface area contributed by atoms with Crippen LogP contribution in [0, 0.1) is 58.2 Å². The van der Waals surface area contributed by atoms with Crippen molar-refractivity contribution in [1.82, 2.24) is 4.98 Å². The molecule has 204 valence electrons. The summed E-state index contributed by atoms with van der Waals surface area (Å²) < 4.78 is 0. The minimum absolute atomic E-state index is 0.284. The van der Waals surface area contributed by atoms with Crippen molar-refractivity contribution in [3.8, 4) is 0 Å². The third kappa shape index (κ3) is 4.89. The first kappa shape index (κ1) is 27.1. The van der Waals surface area contributed by atoms with E-state index in [1.807, 2.05) is 24.5 Å². The largest absolute Gasteiger partial charge is 0.295 e. The van der Waals surface area contributed by atoms with Crippen LogP contribution in [0.4, 0.5) is 0 Å². The maximum Gasteiger partial charge on any atom is 0.159 e. The second-order valence-corrected chi connectivity index (χ2v) is 14.6. The van der Waals surface area contributed by atoms with Gasteiger partial charge in [-0.3, -0.25) is 9.78 Å². The number of fused-ring (bicyclic) bond motifs is 5. The van der Waals surface area contributed by atoms with Crippen molar-refractivity contribution in [2.24, 2.45) is 58.2 Å². The Morgan fingerprint density at radius 3 is 2.41 bits per heavy atom. The monoisotopic (exact) mass is 503 g/mol. The summed E-state index contributed by atoms with van der Waals surface area (Å²) in [6, 6.07) is 4.07. The SMILES string of the molecule is CC[C@H](CC[C@@H](C)[C@H]1CC[C@H]2[C@@H]3CC[C@@H]4CC(=O)/C(=C\c5ccncc5)C[C@]4(C)[C@H]3CC[C@]12C)C(C)C. The van der Waals surface area contributed by atoms with E-state index in [1.54, 1.807) is 0 Å². The van der Waals surface area contributed by atoms with Crippen LogP contribution in [0.1, 0.15) is 118 Å². The standard InChI is InChI=1S/C35H53NO/c1-7-26(23(2)3)9-8-24(4)30-12-13-31-29-11-10-28-21-33(37)27(20-25-15-18-36-19-16-25)22-35(28,6)32(29)14-17-34(30,31)5/h15-16,18-20,23-24,26,28-32H,7-14,17,21-22H2,1-6H3/b27-20-/t24-,26-,28-,29+,30-,31+,32+,34-,35+/m1/s1. The normalized spacial score (nSPS) is 40.2. The van der Waals surface area contributed by atoms with Crippen molar-refractivity contribution < 1.29 is 4.79 Å². The van der Waals surface area contributed by atoms with Crippen LogP contribution in [0.5, 0.6) is 0 Å². The van der Waals surface area contributed by atoms with Gasteiger partial charge in [-0.15, -0.1) is 0 Å². The van der Waals surface area contributed by atoms with Crippen LogP contribution in [0.25, 0.3) is 6.08 Å². The third-order valence-electron chi connectivity index (χ3n) is 12.7. The van der Waals surface area contributed by atoms with Crippen LogP contribution < -0.4 is 0 Å². The van der Waals surface area contributed by atoms with Crippen molar-refractivity contribution in [3.63, 3.8) is 0 Å². The number of pyridine rings is 1. The van der Waals surface area contributed by atoms with Gasteiger partial charge in [-0.2, -0.15) is 0 Å². The fourth-order valence-electron chi connectivity index (χ4n) is 10.5. The average molecular weight is 504 g/mol. The maximum atomic E-state index is 13.2. The lowest BCUT2D eigenvalue weighted by Crippen LogP contribution is -2.54. The second-order valence-electron chi connectivity index (χ2n) is 14.6. The van der Waals surface area contributed by atoms with E-state index in [9.17, 15) is 4.79 Å². The molecular formula is C35H53NO. The maximum absolute atomic E-state index is 13.2. The van der Waals surface area contributed by atoms with Crippen LogP contribution in [-0.2, 0) is 4.79 Å². The fraction of sp³-hybridized carbons (Fsp3) is 0.771. The predicted molar refractivity (Wildman–Crippen MR) is 155 cm³/mol. The molecular weight excluding hydrogens is 450 g/mol. The molecule has 0 radical (unpaired) electrons. The molecule has 0 N–H and O–H groups in total. The Morgan fingerprint density at radius 2 is 1.70 bits per heavy atom. The first-order valence-corrected chi connectivity index (χ1v) is 15.8. The predicted octanol–water partition coefficient (Wildman–Crippen LogP) is 9.40. The van der Waals surface area contributed by atoms with E-state index in [0.29, 0.717) is 17.1 Å². The Morgan fingerprint density at radius 1 is 0.973 bits per heavy atom. The van der Waals surface area contributed by atoms with Crippen LogP contribution >= 0.6 is 0 Å². The molecule has 1 heterocycles. The topological polar surface area (TPSA) is 30.0 Å². The Bertz CT molecular complexity index is 980. The van der Waals surface area contributed by atoms with E-state index in [-0.39, 0.29) is 5.41 Å². The van der Waals surface area contributed by atoms with E-state index < -0.39 is 0 Å². The quantitative estimate of drug-likeness (QED) is 0.347. The summed E-state index contributed by atoms with van der Waals surface area (Å²) in [4.78, 5) is 17.4. The number of nitrogens with zero attached hydrogens (tertiary/aromatic N) is 1. The van der Waals surface area contributed by atoms with E-state index in [0.717, 1.165) is 65.4 Å². The van der Waals surface area contributed by atoms with Gasteiger partial charge < -0.3 is 0 Å². The van der Waals surface area contributed by atoms with E-state index in [2.05, 4.69) is 52.6 Å². The summed E-state index contributed by atoms with van der Waals surface area (Å²) in [6.45, 7) is 15.1. The molecule has 2 nitrogen and oxygen atoms in total. The smallest absolute Gasteiger partial charge is 0.159 e. The number of Topliss-reactive ketones (excluding diaryl/α,β-unsaturated/α-hetero) is 1. The van der Waals surface area contributed by atoms with Gasteiger partial charge >= 0.3 is 0 Å². The lowest BCUT2D eigenvalue weighted by atomic mass is 9.44. The van der Waals surface area contributed by atoms with Crippen molar-refractivity contribution in [2.45, 2.75) is 112 Å². The zero-order chi connectivity index (χ0) is 26.4. The zero-order valence-corrected chi connectivity index (χ0v) is 24.6. The molecule has 2 heteroatoms. The molecule has 0 unspecified atom stereocenters. The minimum atomic E-state index is 0.284. The molecule has 37 heavy (non-hydrogen) atoms. The third-order valence-corrected chi connectivity index (χ3v) is 12.7. The van der Waals surface area contributed by atoms with Crippen molar-refractivity contribution in [2.75, 3.05) is 0 Å². The Kier molecular flexibility index (Phi) is 7.78. The highest BCUT2D eigenvalue weighted by Gasteiger charge is 2.61. The van der Waals surface area contributed by atoms with Gasteiger partial charge in [-0.1, -0.05) is 54.4 Å². The number of hydrogen-bond acceptors (Lipinski definition) is 2. The van der Waals surface area contributed by atoms with Gasteiger partial charge in [0.1, 0.15) is 0 Å². The number of aromatic nitrogens is 1. The summed E-state index contributed by atoms with van der Waals surface area (Å²) in [5.41, 5.74) is 3.02. The van der Waals surface area contributed by atoms with Crippen LogP contribution in [0.15, 0.2) is 30.1 Å². The van der Waals surface area contributed by atoms with E-state index >= 15 is 0 Å². The molecule has 5 rings (SSSR count). The van der Waals surface area contributed by atoms with Crippen LogP contribution in [-0.4, -0.2) is 10.8 Å². The summed E-state index contributed by atoms with van der Waals surface area (Å²) in [5, 5.41) is 0. The molecule has 0 amide bonds. The fourth-order valence-corrected chi connectivity index (χ4v) is 10.5. The van der Waals surface area contributed by atoms with Crippen molar-refractivity contribution in [3.05, 3.63) is 35.7 Å². The van der Waals surface area contributed by atoms with Crippen LogP contribution in [0.3, 0.4) is 0 Å². The first-order chi connectivity index (χ1) is 17.7. The molecule has 4 fully saturated rings. The van der Waals surface area contributed by atoms with Gasteiger partial charge in [0.2, 0.25) is 0 Å². The van der Waals surface area contributed by atoms with Gasteiger partial charge in [0.25, 0.3) is 0 Å². The number of rotatable bonds is 7. The van der Waals surface area contributed by atoms with Gasteiger partial charge in [0.15, 0.2) is 5.78 Å². The van der Waals surface area contributed by atoms with Gasteiger partial charge in [-0.05, 0) is 139 Å². The summed E-state index contributed by atoms with van der Waals surface area (Å²) in [7, 11) is 0. The highest BCUT2D eigenvalue weighted by molar-refractivity contribution is 6.00. The Labute approximate surface area is 227 Å². The van der Waals surface area contributed by atoms with Gasteiger partial charge in [-0.25, -0.2) is 0 Å². The molecule has 0 saturated heterocycles. The highest BCUT2D eigenvalue weighted by atomic mass is 16.1. The molecule has 0 bridgehead atoms. The molecule has 4 aliphatic rings. The van der Waals surface area contributed by atoms with Gasteiger partial charge in [0.05, 0.1) is 0 Å². The van der Waals surface area contributed by atoms with Crippen molar-refractivity contribution in [1.29, 1.82) is 0 Å². The van der Waals surface area contributed by atoms with E-state index in [4.69, 9.17) is 0 Å². The van der Waals surface area contributed by atoms with Crippen LogP contribution in [0.2, 0.25) is 0 Å². The number of hydrogen-bond donors (Lipinski definition) is 0. The molecule has 0 spiro atoms. The molecule has 1 aromatic heterocycles. The lowest BCUT2D eigenvalue weighted by Gasteiger charge is -2.60. The summed E-state index contributed by atoms with van der Waals surface area (Å²) in [5.74, 6) is 7.01. The van der Waals surface area contributed by atoms with Crippen molar-refractivity contribution >= 4 is 11.9 Å². The number of carbonyl (C=O) groups is 1. The van der Waals surface area contributed by atoms with E-state index in [1.165, 1.54) is 57.8 Å². The summed E-state index contributed by atoms with van der Waals surface area (Å²) in [6.07, 6.45) is 20.1. The molecule has 0 aliphatic heterocycles. The van der Waals surface area contributed by atoms with Gasteiger partial charge in [0, 0.05) is 18.8 Å². The second kappa shape index (κ2) is 10.6. The Hall–Kier alpha value is -1.44. The molecule has 4 aliphatic carbocycles. The lowest BCUT2D eigenvalue weighted by molar-refractivity contribution is -0.133. The molecule has 9 atom stereocenters. The first-order valence-electron chi connectivity index (χ1n) is 15.8. The zero-order valence-electron chi connectivity index (χ0n) is 24.6. The number of carbonyl (C=O) groups excluding carboxylic acids is 1. The number of allylic oxidation sites excluding steroid dienone is 1. The molecule has 4 saturated carbocycles. The molecule has 1 aromatic rings.